The first-order valence-corrected chi connectivity index (χ1v) is 5.92. The Kier molecular flexibility index (Phi) is 3.46. The van der Waals surface area contributed by atoms with Crippen molar-refractivity contribution in [2.24, 2.45) is 0 Å². The van der Waals surface area contributed by atoms with Gasteiger partial charge >= 0.3 is 0 Å². The molecule has 3 N–H and O–H groups in total. The van der Waals surface area contributed by atoms with E-state index in [2.05, 4.69) is 5.43 Å². The minimum atomic E-state index is -0.265. The van der Waals surface area contributed by atoms with Crippen molar-refractivity contribution < 1.29 is 9.53 Å². The highest BCUT2D eigenvalue weighted by molar-refractivity contribution is 6.04. The van der Waals surface area contributed by atoms with Crippen LogP contribution in [0.4, 0.5) is 5.69 Å². The number of nitrogens with zero attached hydrogens (tertiary/aromatic N) is 1. The van der Waals surface area contributed by atoms with Gasteiger partial charge in [-0.3, -0.25) is 14.9 Å². The summed E-state index contributed by atoms with van der Waals surface area (Å²) in [5.74, 6) is 0.332. The van der Waals surface area contributed by atoms with Crippen molar-refractivity contribution in [2.75, 3.05) is 18.3 Å². The number of carbonyl (C=O) groups is 1. The molecular formula is C14H17N3O2. The standard InChI is InChI=1S/C14H17N3O2/c1-9-4-5-10(2)17(9)16-14(18)12-8-11(19-3)6-7-13(12)15/h4-8H,15H2,1-3H3,(H,16,18). The van der Waals surface area contributed by atoms with Crippen LogP contribution in [0.15, 0.2) is 30.3 Å². The van der Waals surface area contributed by atoms with Crippen LogP contribution in [-0.4, -0.2) is 17.7 Å². The zero-order chi connectivity index (χ0) is 14.0. The second-order valence-electron chi connectivity index (χ2n) is 4.35. The summed E-state index contributed by atoms with van der Waals surface area (Å²) in [7, 11) is 1.55. The number of amides is 1. The van der Waals surface area contributed by atoms with Crippen molar-refractivity contribution in [2.45, 2.75) is 13.8 Å². The molecule has 0 fully saturated rings. The summed E-state index contributed by atoms with van der Waals surface area (Å²) in [5, 5.41) is 0. The predicted molar refractivity (Wildman–Crippen MR) is 75.0 cm³/mol. The zero-order valence-electron chi connectivity index (χ0n) is 11.2. The molecule has 0 saturated carbocycles. The van der Waals surface area contributed by atoms with Crippen molar-refractivity contribution in [3.05, 3.63) is 47.3 Å². The van der Waals surface area contributed by atoms with E-state index in [-0.39, 0.29) is 5.91 Å². The summed E-state index contributed by atoms with van der Waals surface area (Å²) in [6.45, 7) is 3.84. The molecule has 2 aromatic rings. The highest BCUT2D eigenvalue weighted by Crippen LogP contribution is 2.19. The van der Waals surface area contributed by atoms with E-state index in [0.717, 1.165) is 11.4 Å². The molecule has 0 spiro atoms. The Morgan fingerprint density at radius 3 is 2.42 bits per heavy atom. The molecular weight excluding hydrogens is 242 g/mol. The molecule has 5 nitrogen and oxygen atoms in total. The lowest BCUT2D eigenvalue weighted by atomic mass is 10.1. The van der Waals surface area contributed by atoms with E-state index in [1.54, 1.807) is 30.0 Å². The maximum absolute atomic E-state index is 12.2. The van der Waals surface area contributed by atoms with Crippen LogP contribution >= 0.6 is 0 Å². The topological polar surface area (TPSA) is 69.3 Å². The first-order valence-electron chi connectivity index (χ1n) is 5.92. The highest BCUT2D eigenvalue weighted by Gasteiger charge is 2.12. The number of nitrogens with one attached hydrogen (secondary N) is 1. The van der Waals surface area contributed by atoms with Gasteiger partial charge < -0.3 is 10.5 Å². The lowest BCUT2D eigenvalue weighted by Gasteiger charge is -2.13. The van der Waals surface area contributed by atoms with Gasteiger partial charge in [-0.15, -0.1) is 0 Å². The van der Waals surface area contributed by atoms with Crippen LogP contribution in [0.3, 0.4) is 0 Å². The molecule has 1 aromatic carbocycles. The van der Waals surface area contributed by atoms with Crippen LogP contribution in [0.5, 0.6) is 5.75 Å². The van der Waals surface area contributed by atoms with Gasteiger partial charge in [-0.1, -0.05) is 0 Å². The van der Waals surface area contributed by atoms with E-state index in [9.17, 15) is 4.79 Å². The molecule has 1 heterocycles. The number of nitrogen functional groups attached to an aromatic ring is 1. The van der Waals surface area contributed by atoms with E-state index in [4.69, 9.17) is 10.5 Å². The van der Waals surface area contributed by atoms with Crippen LogP contribution in [0.25, 0.3) is 0 Å². The van der Waals surface area contributed by atoms with E-state index in [0.29, 0.717) is 17.0 Å². The third kappa shape index (κ3) is 2.54. The molecule has 100 valence electrons. The van der Waals surface area contributed by atoms with Crippen LogP contribution < -0.4 is 15.9 Å². The van der Waals surface area contributed by atoms with Crippen LogP contribution in [0.1, 0.15) is 21.7 Å². The zero-order valence-corrected chi connectivity index (χ0v) is 11.2. The fourth-order valence-electron chi connectivity index (χ4n) is 1.87. The van der Waals surface area contributed by atoms with Gasteiger partial charge in [-0.05, 0) is 44.2 Å². The van der Waals surface area contributed by atoms with Gasteiger partial charge in [0, 0.05) is 17.1 Å². The van der Waals surface area contributed by atoms with Crippen LogP contribution in [0, 0.1) is 13.8 Å². The molecule has 0 aliphatic carbocycles. The van der Waals surface area contributed by atoms with E-state index < -0.39 is 0 Å². The van der Waals surface area contributed by atoms with Crippen LogP contribution in [0.2, 0.25) is 0 Å². The number of aromatic nitrogens is 1. The molecule has 0 aliphatic rings. The van der Waals surface area contributed by atoms with Gasteiger partial charge in [0.15, 0.2) is 0 Å². The third-order valence-electron chi connectivity index (χ3n) is 2.99. The van der Waals surface area contributed by atoms with Gasteiger partial charge in [-0.2, -0.15) is 0 Å². The van der Waals surface area contributed by atoms with Crippen molar-refractivity contribution in [3.8, 4) is 5.75 Å². The van der Waals surface area contributed by atoms with Gasteiger partial charge in [0.05, 0.1) is 12.7 Å². The molecule has 0 aliphatic heterocycles. The van der Waals surface area contributed by atoms with Crippen molar-refractivity contribution in [3.63, 3.8) is 0 Å². The lowest BCUT2D eigenvalue weighted by Crippen LogP contribution is -2.25. The predicted octanol–water partition coefficient (Wildman–Crippen LogP) is 2.08. The summed E-state index contributed by atoms with van der Waals surface area (Å²) in [5.41, 5.74) is 11.3. The Hall–Kier alpha value is -2.43. The molecule has 0 atom stereocenters. The van der Waals surface area contributed by atoms with Crippen molar-refractivity contribution in [1.82, 2.24) is 4.68 Å². The number of ether oxygens (including phenoxy) is 1. The summed E-state index contributed by atoms with van der Waals surface area (Å²) < 4.78 is 6.82. The molecule has 2 rings (SSSR count). The second kappa shape index (κ2) is 5.06. The Labute approximate surface area is 112 Å². The highest BCUT2D eigenvalue weighted by atomic mass is 16.5. The molecule has 1 amide bonds. The number of hydrogen-bond donors (Lipinski definition) is 2. The fraction of sp³-hybridized carbons (Fsp3) is 0.214. The number of nitrogens with two attached hydrogens (primary N) is 1. The molecule has 0 bridgehead atoms. The van der Waals surface area contributed by atoms with Crippen molar-refractivity contribution in [1.29, 1.82) is 0 Å². The Morgan fingerprint density at radius 2 is 1.84 bits per heavy atom. The minimum Gasteiger partial charge on any atom is -0.497 e. The summed E-state index contributed by atoms with van der Waals surface area (Å²) >= 11 is 0. The Bertz CT molecular complexity index is 598. The summed E-state index contributed by atoms with van der Waals surface area (Å²) in [6.07, 6.45) is 0. The minimum absolute atomic E-state index is 0.265. The molecule has 0 unspecified atom stereocenters. The van der Waals surface area contributed by atoms with E-state index in [1.165, 1.54) is 0 Å². The number of rotatable bonds is 3. The van der Waals surface area contributed by atoms with Crippen molar-refractivity contribution >= 4 is 11.6 Å². The number of carbonyl (C=O) groups excluding carboxylic acids is 1. The second-order valence-corrected chi connectivity index (χ2v) is 4.35. The maximum Gasteiger partial charge on any atom is 0.272 e. The van der Waals surface area contributed by atoms with Gasteiger partial charge in [0.2, 0.25) is 0 Å². The van der Waals surface area contributed by atoms with E-state index >= 15 is 0 Å². The molecule has 0 radical (unpaired) electrons. The normalized spacial score (nSPS) is 10.3. The number of aryl methyl sites for hydroxylation is 2. The third-order valence-corrected chi connectivity index (χ3v) is 2.99. The maximum atomic E-state index is 12.2. The number of hydrogen-bond acceptors (Lipinski definition) is 3. The summed E-state index contributed by atoms with van der Waals surface area (Å²) in [4.78, 5) is 12.2. The Balaban J connectivity index is 2.30. The first-order chi connectivity index (χ1) is 9.02. The SMILES string of the molecule is COc1ccc(N)c(C(=O)Nn2c(C)ccc2C)c1. The van der Waals surface area contributed by atoms with E-state index in [1.807, 2.05) is 26.0 Å². The molecule has 0 saturated heterocycles. The first kappa shape index (κ1) is 13.0. The molecule has 5 heteroatoms. The molecule has 19 heavy (non-hydrogen) atoms. The lowest BCUT2D eigenvalue weighted by molar-refractivity contribution is 0.101. The average molecular weight is 259 g/mol. The van der Waals surface area contributed by atoms with Gasteiger partial charge in [0.1, 0.15) is 5.75 Å². The number of anilines is 1. The molecule has 1 aromatic heterocycles. The van der Waals surface area contributed by atoms with Crippen LogP contribution in [-0.2, 0) is 0 Å². The quantitative estimate of drug-likeness (QED) is 0.829. The monoisotopic (exact) mass is 259 g/mol. The largest absolute Gasteiger partial charge is 0.497 e. The fourth-order valence-corrected chi connectivity index (χ4v) is 1.87. The number of benzene rings is 1. The Morgan fingerprint density at radius 1 is 1.21 bits per heavy atom. The van der Waals surface area contributed by atoms with Gasteiger partial charge in [-0.25, -0.2) is 0 Å². The average Bonchev–Trinajstić information content (AvgIpc) is 2.71. The van der Waals surface area contributed by atoms with Gasteiger partial charge in [0.25, 0.3) is 5.91 Å². The summed E-state index contributed by atoms with van der Waals surface area (Å²) in [6, 6.07) is 8.87. The smallest absolute Gasteiger partial charge is 0.272 e. The number of methoxy groups -OCH3 is 1.